The van der Waals surface area contributed by atoms with E-state index in [2.05, 4.69) is 15.1 Å². The summed E-state index contributed by atoms with van der Waals surface area (Å²) in [5.41, 5.74) is 1.03. The number of piperidine rings is 1. The van der Waals surface area contributed by atoms with E-state index in [1.54, 1.807) is 9.42 Å². The molecule has 0 aromatic carbocycles. The third-order valence-electron chi connectivity index (χ3n) is 4.80. The Balaban J connectivity index is 1.88. The van der Waals surface area contributed by atoms with Gasteiger partial charge in [-0.2, -0.15) is 4.98 Å². The molecule has 0 unspecified atom stereocenters. The Bertz CT molecular complexity index is 752. The summed E-state index contributed by atoms with van der Waals surface area (Å²) in [4.78, 5) is 23.1. The van der Waals surface area contributed by atoms with Gasteiger partial charge in [-0.3, -0.25) is 4.79 Å². The minimum absolute atomic E-state index is 0.0688. The molecule has 2 aromatic heterocycles. The number of rotatable bonds is 2. The smallest absolute Gasteiger partial charge is 0.293 e. The largest absolute Gasteiger partial charge is 0.390 e. The number of aromatic nitrogens is 4. The van der Waals surface area contributed by atoms with E-state index >= 15 is 0 Å². The predicted molar refractivity (Wildman–Crippen MR) is 85.2 cm³/mol. The molecule has 1 saturated heterocycles. The van der Waals surface area contributed by atoms with Gasteiger partial charge in [0.15, 0.2) is 0 Å². The molecule has 0 radical (unpaired) electrons. The van der Waals surface area contributed by atoms with Crippen LogP contribution >= 0.6 is 0 Å². The van der Waals surface area contributed by atoms with Gasteiger partial charge in [0.05, 0.1) is 5.60 Å². The molecule has 0 spiro atoms. The molecule has 2 aromatic rings. The third kappa shape index (κ3) is 2.81. The van der Waals surface area contributed by atoms with Gasteiger partial charge in [-0.15, -0.1) is 5.10 Å². The van der Waals surface area contributed by atoms with Gasteiger partial charge in [-0.1, -0.05) is 6.92 Å². The van der Waals surface area contributed by atoms with Crippen LogP contribution in [0.5, 0.6) is 0 Å². The van der Waals surface area contributed by atoms with Gasteiger partial charge in [0.2, 0.25) is 5.82 Å². The van der Waals surface area contributed by atoms with Crippen LogP contribution in [-0.4, -0.2) is 54.2 Å². The number of amides is 1. The van der Waals surface area contributed by atoms with E-state index in [-0.39, 0.29) is 17.6 Å². The molecule has 124 valence electrons. The van der Waals surface area contributed by atoms with E-state index in [0.717, 1.165) is 17.8 Å². The summed E-state index contributed by atoms with van der Waals surface area (Å²) in [6.45, 7) is 8.73. The van der Waals surface area contributed by atoms with Crippen molar-refractivity contribution in [2.24, 2.45) is 5.92 Å². The highest BCUT2D eigenvalue weighted by Crippen LogP contribution is 2.30. The lowest BCUT2D eigenvalue weighted by Crippen LogP contribution is -2.51. The molecule has 1 aliphatic rings. The maximum atomic E-state index is 12.7. The van der Waals surface area contributed by atoms with E-state index in [1.165, 1.54) is 0 Å². The number of fused-ring (bicyclic) bond motifs is 1. The molecular weight excluding hydrogens is 294 g/mol. The molecule has 23 heavy (non-hydrogen) atoms. The molecule has 0 bridgehead atoms. The van der Waals surface area contributed by atoms with Crippen LogP contribution in [0.25, 0.3) is 5.78 Å². The molecule has 1 aliphatic heterocycles. The maximum Gasteiger partial charge on any atom is 0.293 e. The zero-order valence-corrected chi connectivity index (χ0v) is 14.1. The monoisotopic (exact) mass is 317 g/mol. The zero-order valence-electron chi connectivity index (χ0n) is 14.1. The summed E-state index contributed by atoms with van der Waals surface area (Å²) in [6, 6.07) is 1.90. The topological polar surface area (TPSA) is 83.6 Å². The number of carbonyl (C=O) groups is 1. The van der Waals surface area contributed by atoms with Crippen molar-refractivity contribution in [3.8, 4) is 0 Å². The van der Waals surface area contributed by atoms with Crippen LogP contribution < -0.4 is 0 Å². The van der Waals surface area contributed by atoms with Gasteiger partial charge < -0.3 is 10.0 Å². The predicted octanol–water partition coefficient (Wildman–Crippen LogP) is 1.36. The minimum atomic E-state index is -0.715. The van der Waals surface area contributed by atoms with Crippen molar-refractivity contribution in [2.75, 3.05) is 13.1 Å². The third-order valence-corrected chi connectivity index (χ3v) is 4.80. The Kier molecular flexibility index (Phi) is 3.83. The van der Waals surface area contributed by atoms with E-state index in [1.807, 2.05) is 33.8 Å². The van der Waals surface area contributed by atoms with E-state index in [0.29, 0.717) is 25.3 Å². The van der Waals surface area contributed by atoms with Gasteiger partial charge in [0.25, 0.3) is 11.7 Å². The number of hydrogen-bond donors (Lipinski definition) is 1. The molecule has 3 heterocycles. The average Bonchev–Trinajstić information content (AvgIpc) is 2.90. The maximum absolute atomic E-state index is 12.7. The van der Waals surface area contributed by atoms with Gasteiger partial charge in [-0.25, -0.2) is 9.50 Å². The first kappa shape index (κ1) is 15.9. The van der Waals surface area contributed by atoms with Crippen molar-refractivity contribution < 1.29 is 9.90 Å². The molecule has 7 heteroatoms. The summed E-state index contributed by atoms with van der Waals surface area (Å²) in [5.74, 6) is 0.491. The highest BCUT2D eigenvalue weighted by molar-refractivity contribution is 5.91. The lowest BCUT2D eigenvalue weighted by molar-refractivity contribution is -0.0523. The van der Waals surface area contributed by atoms with Crippen molar-refractivity contribution in [1.82, 2.24) is 24.5 Å². The average molecular weight is 317 g/mol. The summed E-state index contributed by atoms with van der Waals surface area (Å²) in [7, 11) is 0. The zero-order chi connectivity index (χ0) is 16.8. The van der Waals surface area contributed by atoms with Crippen molar-refractivity contribution in [1.29, 1.82) is 0 Å². The number of hydrogen-bond acceptors (Lipinski definition) is 5. The second kappa shape index (κ2) is 5.56. The van der Waals surface area contributed by atoms with Crippen molar-refractivity contribution in [3.05, 3.63) is 23.3 Å². The van der Waals surface area contributed by atoms with Crippen molar-refractivity contribution in [2.45, 2.75) is 46.1 Å². The fraction of sp³-hybridized carbons (Fsp3) is 0.625. The Morgan fingerprint density at radius 2 is 2.17 bits per heavy atom. The summed E-state index contributed by atoms with van der Waals surface area (Å²) >= 11 is 0. The van der Waals surface area contributed by atoms with Gasteiger partial charge >= 0.3 is 0 Å². The SMILES string of the molecule is CC[C@H]1CN(C(=O)c2nc3nc(C)cc(C)n3n2)CC[C@@]1(C)O. The second-order valence-corrected chi connectivity index (χ2v) is 6.65. The number of aliphatic hydroxyl groups is 1. The van der Waals surface area contributed by atoms with E-state index < -0.39 is 5.60 Å². The fourth-order valence-electron chi connectivity index (χ4n) is 3.27. The number of aryl methyl sites for hydroxylation is 2. The second-order valence-electron chi connectivity index (χ2n) is 6.65. The molecule has 1 amide bonds. The summed E-state index contributed by atoms with van der Waals surface area (Å²) in [6.07, 6.45) is 1.40. The number of nitrogens with zero attached hydrogens (tertiary/aromatic N) is 5. The number of likely N-dealkylation sites (tertiary alicyclic amines) is 1. The van der Waals surface area contributed by atoms with E-state index in [4.69, 9.17) is 0 Å². The molecule has 1 N–H and O–H groups in total. The Hall–Kier alpha value is -2.02. The van der Waals surface area contributed by atoms with Gasteiger partial charge in [0.1, 0.15) is 0 Å². The van der Waals surface area contributed by atoms with Gasteiger partial charge in [0, 0.05) is 30.4 Å². The standard InChI is InChI=1S/C16H23N5O2/c1-5-12-9-20(7-6-16(12,4)23)14(22)13-18-15-17-10(2)8-11(3)21(15)19-13/h8,12,23H,5-7,9H2,1-4H3/t12-,16+/m0/s1. The van der Waals surface area contributed by atoms with Gasteiger partial charge in [-0.05, 0) is 39.7 Å². The van der Waals surface area contributed by atoms with Crippen LogP contribution in [-0.2, 0) is 0 Å². The van der Waals surface area contributed by atoms with Crippen LogP contribution in [0.3, 0.4) is 0 Å². The van der Waals surface area contributed by atoms with Crippen LogP contribution in [0, 0.1) is 19.8 Å². The molecular formula is C16H23N5O2. The van der Waals surface area contributed by atoms with Crippen molar-refractivity contribution >= 4 is 11.7 Å². The Morgan fingerprint density at radius 3 is 2.87 bits per heavy atom. The molecule has 0 aliphatic carbocycles. The summed E-state index contributed by atoms with van der Waals surface area (Å²) < 4.78 is 1.59. The molecule has 1 fully saturated rings. The quantitative estimate of drug-likeness (QED) is 0.904. The lowest BCUT2D eigenvalue weighted by atomic mass is 9.81. The molecule has 7 nitrogen and oxygen atoms in total. The Morgan fingerprint density at radius 1 is 1.43 bits per heavy atom. The van der Waals surface area contributed by atoms with E-state index in [9.17, 15) is 9.90 Å². The van der Waals surface area contributed by atoms with Crippen LogP contribution in [0.15, 0.2) is 6.07 Å². The highest BCUT2D eigenvalue weighted by atomic mass is 16.3. The first-order valence-electron chi connectivity index (χ1n) is 8.04. The molecule has 2 atom stereocenters. The first-order valence-corrected chi connectivity index (χ1v) is 8.04. The summed E-state index contributed by atoms with van der Waals surface area (Å²) in [5, 5.41) is 14.7. The number of carbonyl (C=O) groups excluding carboxylic acids is 1. The fourth-order valence-corrected chi connectivity index (χ4v) is 3.27. The first-order chi connectivity index (χ1) is 10.8. The lowest BCUT2D eigenvalue weighted by Gasteiger charge is -2.42. The Labute approximate surface area is 135 Å². The normalized spacial score (nSPS) is 25.1. The van der Waals surface area contributed by atoms with Crippen LogP contribution in [0.1, 0.15) is 48.7 Å². The van der Waals surface area contributed by atoms with Crippen LogP contribution in [0.4, 0.5) is 0 Å². The van der Waals surface area contributed by atoms with Crippen molar-refractivity contribution in [3.63, 3.8) is 0 Å². The van der Waals surface area contributed by atoms with Crippen LogP contribution in [0.2, 0.25) is 0 Å². The molecule has 0 saturated carbocycles. The molecule has 3 rings (SSSR count). The highest BCUT2D eigenvalue weighted by Gasteiger charge is 2.38. The minimum Gasteiger partial charge on any atom is -0.390 e.